The van der Waals surface area contributed by atoms with Crippen molar-refractivity contribution in [2.45, 2.75) is 18.9 Å². The SMILES string of the molecule is CC(C#N)(OCCCO)c1cc(Br)ccc1F. The van der Waals surface area contributed by atoms with E-state index >= 15 is 0 Å². The van der Waals surface area contributed by atoms with Crippen LogP contribution in [0.3, 0.4) is 0 Å². The molecule has 0 saturated carbocycles. The summed E-state index contributed by atoms with van der Waals surface area (Å²) >= 11 is 3.23. The molecule has 0 bridgehead atoms. The minimum Gasteiger partial charge on any atom is -0.396 e. The van der Waals surface area contributed by atoms with E-state index in [1.54, 1.807) is 6.07 Å². The first kappa shape index (κ1) is 14.1. The molecule has 17 heavy (non-hydrogen) atoms. The molecule has 0 spiro atoms. The number of hydrogen-bond donors (Lipinski definition) is 1. The maximum absolute atomic E-state index is 13.7. The van der Waals surface area contributed by atoms with E-state index in [-0.39, 0.29) is 18.8 Å². The highest BCUT2D eigenvalue weighted by Crippen LogP contribution is 2.29. The fourth-order valence-corrected chi connectivity index (χ4v) is 1.74. The maximum atomic E-state index is 13.7. The Morgan fingerprint density at radius 1 is 1.59 bits per heavy atom. The first-order valence-corrected chi connectivity index (χ1v) is 5.94. The molecule has 1 N–H and O–H groups in total. The molecule has 5 heteroatoms. The molecule has 92 valence electrons. The summed E-state index contributed by atoms with van der Waals surface area (Å²) in [5, 5.41) is 17.8. The maximum Gasteiger partial charge on any atom is 0.179 e. The summed E-state index contributed by atoms with van der Waals surface area (Å²) in [6.45, 7) is 1.68. The van der Waals surface area contributed by atoms with Gasteiger partial charge < -0.3 is 9.84 Å². The lowest BCUT2D eigenvalue weighted by atomic mass is 9.97. The molecule has 0 aliphatic carbocycles. The fraction of sp³-hybridized carbons (Fsp3) is 0.417. The van der Waals surface area contributed by atoms with Gasteiger partial charge in [-0.25, -0.2) is 4.39 Å². The second kappa shape index (κ2) is 6.10. The van der Waals surface area contributed by atoms with Crippen molar-refractivity contribution < 1.29 is 14.2 Å². The van der Waals surface area contributed by atoms with Crippen LogP contribution in [-0.2, 0) is 10.3 Å². The second-order valence-electron chi connectivity index (χ2n) is 3.69. The van der Waals surface area contributed by atoms with Gasteiger partial charge in [0.2, 0.25) is 0 Å². The third kappa shape index (κ3) is 3.50. The van der Waals surface area contributed by atoms with Crippen LogP contribution in [0.5, 0.6) is 0 Å². The molecule has 1 unspecified atom stereocenters. The number of nitriles is 1. The van der Waals surface area contributed by atoms with Crippen molar-refractivity contribution in [2.75, 3.05) is 13.2 Å². The molecule has 0 aromatic heterocycles. The zero-order valence-corrected chi connectivity index (χ0v) is 11.0. The first-order valence-electron chi connectivity index (χ1n) is 5.15. The quantitative estimate of drug-likeness (QED) is 0.851. The topological polar surface area (TPSA) is 53.2 Å². The zero-order chi connectivity index (χ0) is 12.9. The Bertz CT molecular complexity index is 433. The molecule has 0 saturated heterocycles. The highest BCUT2D eigenvalue weighted by atomic mass is 79.9. The van der Waals surface area contributed by atoms with Crippen LogP contribution >= 0.6 is 15.9 Å². The zero-order valence-electron chi connectivity index (χ0n) is 9.41. The molecular weight excluding hydrogens is 289 g/mol. The summed E-state index contributed by atoms with van der Waals surface area (Å²) < 4.78 is 19.7. The third-order valence-corrected chi connectivity index (χ3v) is 2.84. The van der Waals surface area contributed by atoms with Crippen molar-refractivity contribution in [3.8, 4) is 6.07 Å². The van der Waals surface area contributed by atoms with Crippen molar-refractivity contribution in [3.05, 3.63) is 34.1 Å². The van der Waals surface area contributed by atoms with Crippen LogP contribution in [0.25, 0.3) is 0 Å². The molecular formula is C12H13BrFNO2. The van der Waals surface area contributed by atoms with Gasteiger partial charge in [-0.1, -0.05) is 15.9 Å². The number of halogens is 2. The average molecular weight is 302 g/mol. The van der Waals surface area contributed by atoms with E-state index < -0.39 is 11.4 Å². The van der Waals surface area contributed by atoms with Gasteiger partial charge in [-0.2, -0.15) is 5.26 Å². The number of rotatable bonds is 5. The van der Waals surface area contributed by atoms with Crippen LogP contribution < -0.4 is 0 Å². The van der Waals surface area contributed by atoms with E-state index in [2.05, 4.69) is 15.9 Å². The molecule has 0 aliphatic rings. The van der Waals surface area contributed by atoms with Crippen LogP contribution in [0.15, 0.2) is 22.7 Å². The van der Waals surface area contributed by atoms with Gasteiger partial charge in [-0.3, -0.25) is 0 Å². The molecule has 0 amide bonds. The smallest absolute Gasteiger partial charge is 0.179 e. The Hall–Kier alpha value is -0.960. The Kier molecular flexibility index (Phi) is 5.06. The highest BCUT2D eigenvalue weighted by molar-refractivity contribution is 9.10. The monoisotopic (exact) mass is 301 g/mol. The summed E-state index contributed by atoms with van der Waals surface area (Å²) in [6, 6.07) is 6.32. The molecule has 1 aromatic rings. The highest BCUT2D eigenvalue weighted by Gasteiger charge is 2.30. The third-order valence-electron chi connectivity index (χ3n) is 2.35. The van der Waals surface area contributed by atoms with Crippen molar-refractivity contribution in [3.63, 3.8) is 0 Å². The molecule has 1 atom stereocenters. The lowest BCUT2D eigenvalue weighted by Crippen LogP contribution is -2.26. The number of aliphatic hydroxyl groups is 1. The Morgan fingerprint density at radius 3 is 2.88 bits per heavy atom. The van der Waals surface area contributed by atoms with Crippen molar-refractivity contribution >= 4 is 15.9 Å². The summed E-state index contributed by atoms with van der Waals surface area (Å²) in [4.78, 5) is 0. The van der Waals surface area contributed by atoms with Crippen molar-refractivity contribution in [1.82, 2.24) is 0 Å². The summed E-state index contributed by atoms with van der Waals surface area (Å²) in [5.74, 6) is -0.485. The van der Waals surface area contributed by atoms with Crippen LogP contribution in [0.2, 0.25) is 0 Å². The van der Waals surface area contributed by atoms with E-state index in [0.717, 1.165) is 0 Å². The van der Waals surface area contributed by atoms with E-state index in [0.29, 0.717) is 10.9 Å². The van der Waals surface area contributed by atoms with Crippen LogP contribution in [0.4, 0.5) is 4.39 Å². The Labute approximate surface area is 108 Å². The number of hydrogen-bond acceptors (Lipinski definition) is 3. The second-order valence-corrected chi connectivity index (χ2v) is 4.61. The van der Waals surface area contributed by atoms with Crippen LogP contribution in [0.1, 0.15) is 18.9 Å². The van der Waals surface area contributed by atoms with Crippen LogP contribution in [0, 0.1) is 17.1 Å². The Morgan fingerprint density at radius 2 is 2.29 bits per heavy atom. The molecule has 1 rings (SSSR count). The van der Waals surface area contributed by atoms with Gasteiger partial charge in [0.25, 0.3) is 0 Å². The summed E-state index contributed by atoms with van der Waals surface area (Å²) in [5.41, 5.74) is -1.16. The van der Waals surface area contributed by atoms with Gasteiger partial charge in [-0.05, 0) is 31.5 Å². The molecule has 0 radical (unpaired) electrons. The van der Waals surface area contributed by atoms with Gasteiger partial charge in [0.05, 0.1) is 6.61 Å². The minimum atomic E-state index is -1.34. The van der Waals surface area contributed by atoms with Crippen molar-refractivity contribution in [2.24, 2.45) is 0 Å². The van der Waals surface area contributed by atoms with E-state index in [9.17, 15) is 4.39 Å². The lowest BCUT2D eigenvalue weighted by molar-refractivity contribution is -0.000793. The fourth-order valence-electron chi connectivity index (χ4n) is 1.37. The standard InChI is InChI=1S/C12H13BrFNO2/c1-12(8-15,17-6-2-5-16)10-7-9(13)3-4-11(10)14/h3-4,7,16H,2,5-6H2,1H3. The van der Waals surface area contributed by atoms with Gasteiger partial charge in [0.15, 0.2) is 5.60 Å². The normalized spacial score (nSPS) is 14.1. The Balaban J connectivity index is 2.99. The van der Waals surface area contributed by atoms with Gasteiger partial charge >= 0.3 is 0 Å². The number of ether oxygens (including phenoxy) is 1. The predicted octanol–water partition coefficient (Wildman–Crippen LogP) is 2.73. The van der Waals surface area contributed by atoms with Crippen molar-refractivity contribution in [1.29, 1.82) is 5.26 Å². The molecule has 3 nitrogen and oxygen atoms in total. The predicted molar refractivity (Wildman–Crippen MR) is 64.7 cm³/mol. The number of benzene rings is 1. The van der Waals surface area contributed by atoms with Gasteiger partial charge in [-0.15, -0.1) is 0 Å². The summed E-state index contributed by atoms with van der Waals surface area (Å²) in [6.07, 6.45) is 0.410. The van der Waals surface area contributed by atoms with E-state index in [4.69, 9.17) is 15.1 Å². The molecule has 1 aromatic carbocycles. The number of nitrogens with zero attached hydrogens (tertiary/aromatic N) is 1. The summed E-state index contributed by atoms with van der Waals surface area (Å²) in [7, 11) is 0. The van der Waals surface area contributed by atoms with Gasteiger partial charge in [0, 0.05) is 16.6 Å². The largest absolute Gasteiger partial charge is 0.396 e. The van der Waals surface area contributed by atoms with Gasteiger partial charge in [0.1, 0.15) is 11.9 Å². The molecule has 0 aliphatic heterocycles. The minimum absolute atomic E-state index is 0.0253. The lowest BCUT2D eigenvalue weighted by Gasteiger charge is -2.23. The molecule has 0 fully saturated rings. The molecule has 0 heterocycles. The van der Waals surface area contributed by atoms with E-state index in [1.807, 2.05) is 6.07 Å². The first-order chi connectivity index (χ1) is 8.03. The number of aliphatic hydroxyl groups excluding tert-OH is 1. The van der Waals surface area contributed by atoms with E-state index in [1.165, 1.54) is 19.1 Å². The van der Waals surface area contributed by atoms with Crippen LogP contribution in [-0.4, -0.2) is 18.3 Å². The average Bonchev–Trinajstić information content (AvgIpc) is 2.32.